The molecule has 2 aliphatic rings. The van der Waals surface area contributed by atoms with E-state index in [9.17, 15) is 18.4 Å². The van der Waals surface area contributed by atoms with Crippen molar-refractivity contribution in [1.82, 2.24) is 14.5 Å². The maximum Gasteiger partial charge on any atom is 0.358 e. The van der Waals surface area contributed by atoms with Crippen LogP contribution in [0.5, 0.6) is 0 Å². The van der Waals surface area contributed by atoms with Crippen molar-refractivity contribution >= 4 is 11.9 Å². The zero-order valence-corrected chi connectivity index (χ0v) is 13.5. The fraction of sp³-hybridized carbons (Fsp3) is 0.353. The first-order chi connectivity index (χ1) is 12.0. The van der Waals surface area contributed by atoms with Gasteiger partial charge in [0.25, 0.3) is 5.91 Å². The lowest BCUT2D eigenvalue weighted by atomic mass is 10.1. The molecule has 1 atom stereocenters. The summed E-state index contributed by atoms with van der Waals surface area (Å²) < 4.78 is 34.7. The van der Waals surface area contributed by atoms with Gasteiger partial charge in [0.05, 0.1) is 24.0 Å². The minimum atomic E-state index is -1.19. The van der Waals surface area contributed by atoms with E-state index in [4.69, 9.17) is 4.74 Å². The van der Waals surface area contributed by atoms with Crippen LogP contribution in [-0.2, 0) is 4.74 Å². The van der Waals surface area contributed by atoms with Crippen molar-refractivity contribution in [2.24, 2.45) is 0 Å². The molecule has 130 valence electrons. The van der Waals surface area contributed by atoms with Crippen molar-refractivity contribution in [3.05, 3.63) is 47.0 Å². The number of imidazole rings is 1. The van der Waals surface area contributed by atoms with Crippen LogP contribution < -0.4 is 0 Å². The van der Waals surface area contributed by atoms with Gasteiger partial charge in [-0.05, 0) is 31.9 Å². The van der Waals surface area contributed by atoms with Crippen LogP contribution in [0.2, 0.25) is 0 Å². The first kappa shape index (κ1) is 15.7. The molecule has 0 aliphatic carbocycles. The highest BCUT2D eigenvalue weighted by molar-refractivity contribution is 6.00. The molecule has 8 heteroatoms. The Balaban J connectivity index is 2.00. The molecule has 2 aliphatic heterocycles. The maximum atomic E-state index is 14.4. The Kier molecular flexibility index (Phi) is 3.55. The van der Waals surface area contributed by atoms with Gasteiger partial charge in [-0.25, -0.2) is 18.6 Å². The molecular weight excluding hydrogens is 332 g/mol. The molecule has 6 nitrogen and oxygen atoms in total. The van der Waals surface area contributed by atoms with E-state index in [1.54, 1.807) is 6.92 Å². The standard InChI is InChI=1S/C17H15F2N3O3/c1-2-25-17(24)14-15-11-4-3-7-21(11)16(23)12-10(22(15)8-20-14)6-5-9(18)13(12)19/h5-6,8,11H,2-4,7H2,1H3/t11-/m0/s1. The largest absolute Gasteiger partial charge is 0.461 e. The van der Waals surface area contributed by atoms with Crippen LogP contribution in [-0.4, -0.2) is 39.5 Å². The molecule has 0 spiro atoms. The number of ether oxygens (including phenoxy) is 1. The summed E-state index contributed by atoms with van der Waals surface area (Å²) in [6.07, 6.45) is 2.67. The second-order valence-corrected chi connectivity index (χ2v) is 5.98. The number of carbonyl (C=O) groups excluding carboxylic acids is 2. The molecule has 2 aromatic rings. The summed E-state index contributed by atoms with van der Waals surface area (Å²) in [5.74, 6) is -3.45. The average Bonchev–Trinajstić information content (AvgIpc) is 3.21. The Morgan fingerprint density at radius 1 is 1.40 bits per heavy atom. The average molecular weight is 347 g/mol. The number of fused-ring (bicyclic) bond motifs is 5. The number of carbonyl (C=O) groups is 2. The van der Waals surface area contributed by atoms with Gasteiger partial charge in [0, 0.05) is 6.54 Å². The second-order valence-electron chi connectivity index (χ2n) is 5.98. The van der Waals surface area contributed by atoms with Crippen LogP contribution in [0.25, 0.3) is 5.69 Å². The fourth-order valence-electron chi connectivity index (χ4n) is 3.61. The topological polar surface area (TPSA) is 64.4 Å². The SMILES string of the molecule is CCOC(=O)c1ncn2c1[C@@H]1CCCN1C(=O)c1c-2ccc(F)c1F. The number of amides is 1. The first-order valence-corrected chi connectivity index (χ1v) is 8.08. The quantitative estimate of drug-likeness (QED) is 0.784. The van der Waals surface area contributed by atoms with Crippen LogP contribution >= 0.6 is 0 Å². The van der Waals surface area contributed by atoms with Crippen molar-refractivity contribution in [2.75, 3.05) is 13.2 Å². The van der Waals surface area contributed by atoms with Crippen LogP contribution in [0.3, 0.4) is 0 Å². The van der Waals surface area contributed by atoms with E-state index < -0.39 is 29.6 Å². The molecule has 1 aromatic heterocycles. The van der Waals surface area contributed by atoms with E-state index in [1.165, 1.54) is 21.9 Å². The molecule has 0 radical (unpaired) electrons. The van der Waals surface area contributed by atoms with Crippen LogP contribution in [0.15, 0.2) is 18.5 Å². The van der Waals surface area contributed by atoms with Gasteiger partial charge in [-0.2, -0.15) is 0 Å². The smallest absolute Gasteiger partial charge is 0.358 e. The Labute approximate surface area is 142 Å². The lowest BCUT2D eigenvalue weighted by Crippen LogP contribution is -2.31. The zero-order valence-electron chi connectivity index (χ0n) is 13.5. The molecule has 25 heavy (non-hydrogen) atoms. The van der Waals surface area contributed by atoms with Gasteiger partial charge in [-0.3, -0.25) is 9.36 Å². The zero-order chi connectivity index (χ0) is 17.7. The Morgan fingerprint density at radius 3 is 2.96 bits per heavy atom. The molecular formula is C17H15F2N3O3. The number of halogens is 2. The van der Waals surface area contributed by atoms with Gasteiger partial charge in [0.2, 0.25) is 0 Å². The van der Waals surface area contributed by atoms with Crippen LogP contribution in [0, 0.1) is 11.6 Å². The molecule has 1 amide bonds. The van der Waals surface area contributed by atoms with Gasteiger partial charge in [0.15, 0.2) is 17.3 Å². The van der Waals surface area contributed by atoms with Crippen LogP contribution in [0.1, 0.15) is 52.3 Å². The number of hydrogen-bond acceptors (Lipinski definition) is 4. The van der Waals surface area contributed by atoms with Crippen molar-refractivity contribution < 1.29 is 23.1 Å². The number of nitrogens with zero attached hydrogens (tertiary/aromatic N) is 3. The summed E-state index contributed by atoms with van der Waals surface area (Å²) in [5.41, 5.74) is 0.424. The van der Waals surface area contributed by atoms with E-state index in [0.29, 0.717) is 25.1 Å². The Bertz CT molecular complexity index is 894. The summed E-state index contributed by atoms with van der Waals surface area (Å²) >= 11 is 0. The third-order valence-electron chi connectivity index (χ3n) is 4.65. The van der Waals surface area contributed by atoms with E-state index in [2.05, 4.69) is 4.98 Å². The molecule has 1 fully saturated rings. The predicted octanol–water partition coefficient (Wildman–Crippen LogP) is 2.62. The lowest BCUT2D eigenvalue weighted by molar-refractivity contribution is 0.0513. The Hall–Kier alpha value is -2.77. The molecule has 0 N–H and O–H groups in total. The van der Waals surface area contributed by atoms with E-state index >= 15 is 0 Å². The van der Waals surface area contributed by atoms with Gasteiger partial charge >= 0.3 is 5.97 Å². The molecule has 1 saturated heterocycles. The van der Waals surface area contributed by atoms with Crippen molar-refractivity contribution in [3.63, 3.8) is 0 Å². The van der Waals surface area contributed by atoms with Crippen molar-refractivity contribution in [2.45, 2.75) is 25.8 Å². The van der Waals surface area contributed by atoms with E-state index in [1.807, 2.05) is 0 Å². The number of aromatic nitrogens is 2. The maximum absolute atomic E-state index is 14.4. The van der Waals surface area contributed by atoms with Gasteiger partial charge in [0.1, 0.15) is 11.9 Å². The van der Waals surface area contributed by atoms with Gasteiger partial charge in [-0.1, -0.05) is 0 Å². The van der Waals surface area contributed by atoms with Crippen molar-refractivity contribution in [1.29, 1.82) is 0 Å². The minimum Gasteiger partial charge on any atom is -0.461 e. The number of rotatable bonds is 2. The molecule has 0 saturated carbocycles. The number of esters is 1. The summed E-state index contributed by atoms with van der Waals surface area (Å²) in [6.45, 7) is 2.28. The molecule has 0 unspecified atom stereocenters. The molecule has 3 heterocycles. The first-order valence-electron chi connectivity index (χ1n) is 8.08. The Morgan fingerprint density at radius 2 is 2.20 bits per heavy atom. The minimum absolute atomic E-state index is 0.101. The van der Waals surface area contributed by atoms with E-state index in [0.717, 1.165) is 6.07 Å². The monoisotopic (exact) mass is 347 g/mol. The predicted molar refractivity (Wildman–Crippen MR) is 82.4 cm³/mol. The van der Waals surface area contributed by atoms with Gasteiger partial charge < -0.3 is 9.64 Å². The third-order valence-corrected chi connectivity index (χ3v) is 4.65. The summed E-state index contributed by atoms with van der Waals surface area (Å²) in [5, 5.41) is 0. The highest BCUT2D eigenvalue weighted by Crippen LogP contribution is 2.40. The van der Waals surface area contributed by atoms with E-state index in [-0.39, 0.29) is 23.6 Å². The summed E-state index contributed by atoms with van der Waals surface area (Å²) in [6, 6.07) is 1.86. The fourth-order valence-corrected chi connectivity index (χ4v) is 3.61. The number of benzene rings is 1. The highest BCUT2D eigenvalue weighted by Gasteiger charge is 2.41. The van der Waals surface area contributed by atoms with Crippen LogP contribution in [0.4, 0.5) is 8.78 Å². The van der Waals surface area contributed by atoms with Gasteiger partial charge in [-0.15, -0.1) is 0 Å². The summed E-state index contributed by atoms with van der Waals surface area (Å²) in [7, 11) is 0. The van der Waals surface area contributed by atoms with Crippen molar-refractivity contribution in [3.8, 4) is 5.69 Å². The molecule has 1 aromatic carbocycles. The third kappa shape index (κ3) is 2.16. The molecule has 4 rings (SSSR count). The molecule has 0 bridgehead atoms. The highest BCUT2D eigenvalue weighted by atomic mass is 19.2. The second kappa shape index (κ2) is 5.65. The lowest BCUT2D eigenvalue weighted by Gasteiger charge is -2.22. The normalized spacial score (nSPS) is 18.4. The summed E-state index contributed by atoms with van der Waals surface area (Å²) in [4.78, 5) is 30.7. The number of hydrogen-bond donors (Lipinski definition) is 0.